The molecule has 0 aliphatic carbocycles. The van der Waals surface area contributed by atoms with Crippen LogP contribution >= 0.6 is 0 Å². The molecule has 3 aromatic rings. The van der Waals surface area contributed by atoms with Crippen LogP contribution in [0.4, 0.5) is 5.82 Å². The van der Waals surface area contributed by atoms with E-state index in [1.165, 1.54) is 11.9 Å². The van der Waals surface area contributed by atoms with Gasteiger partial charge < -0.3 is 10.3 Å². The van der Waals surface area contributed by atoms with Crippen molar-refractivity contribution in [3.63, 3.8) is 0 Å². The predicted molar refractivity (Wildman–Crippen MR) is 71.3 cm³/mol. The van der Waals surface area contributed by atoms with Crippen molar-refractivity contribution < 1.29 is 0 Å². The fourth-order valence-electron chi connectivity index (χ4n) is 2.05. The molecule has 98 valence electrons. The molecule has 2 N–H and O–H groups in total. The maximum absolute atomic E-state index is 5.75. The Morgan fingerprint density at radius 2 is 2.11 bits per heavy atom. The Labute approximate surface area is 110 Å². The largest absolute Gasteiger partial charge is 0.382 e. The number of fused-ring (bicyclic) bond motifs is 1. The number of nitrogens with zero attached hydrogens (tertiary/aromatic N) is 6. The average molecular weight is 257 g/mol. The van der Waals surface area contributed by atoms with Gasteiger partial charge in [0.1, 0.15) is 11.8 Å². The van der Waals surface area contributed by atoms with Crippen molar-refractivity contribution in [2.75, 3.05) is 5.73 Å². The molecule has 3 rings (SSSR count). The fraction of sp³-hybridized carbons (Fsp3) is 0.333. The van der Waals surface area contributed by atoms with Gasteiger partial charge in [-0.1, -0.05) is 0 Å². The summed E-state index contributed by atoms with van der Waals surface area (Å²) in [5, 5.41) is 4.26. The van der Waals surface area contributed by atoms with Gasteiger partial charge in [0.15, 0.2) is 11.5 Å². The van der Waals surface area contributed by atoms with Crippen LogP contribution in [-0.2, 0) is 13.1 Å². The molecule has 0 saturated heterocycles. The molecule has 0 bridgehead atoms. The first-order valence-electron chi connectivity index (χ1n) is 6.14. The van der Waals surface area contributed by atoms with Gasteiger partial charge in [0.05, 0.1) is 12.5 Å². The van der Waals surface area contributed by atoms with Crippen LogP contribution in [-0.4, -0.2) is 29.3 Å². The predicted octanol–water partition coefficient (Wildman–Crippen LogP) is 1.00. The Kier molecular flexibility index (Phi) is 2.86. The Balaban J connectivity index is 1.70. The first-order chi connectivity index (χ1) is 9.24. The number of aromatic nitrogens is 6. The van der Waals surface area contributed by atoms with Crippen molar-refractivity contribution in [1.29, 1.82) is 0 Å². The molecule has 19 heavy (non-hydrogen) atoms. The lowest BCUT2D eigenvalue weighted by Gasteiger charge is -2.04. The van der Waals surface area contributed by atoms with Crippen LogP contribution in [0.2, 0.25) is 0 Å². The van der Waals surface area contributed by atoms with Crippen molar-refractivity contribution in [3.8, 4) is 0 Å². The van der Waals surface area contributed by atoms with E-state index >= 15 is 0 Å². The third-order valence-electron chi connectivity index (χ3n) is 2.98. The molecule has 3 heterocycles. The number of anilines is 1. The summed E-state index contributed by atoms with van der Waals surface area (Å²) in [7, 11) is 0. The quantitative estimate of drug-likeness (QED) is 0.753. The first kappa shape index (κ1) is 11.6. The minimum absolute atomic E-state index is 0.423. The summed E-state index contributed by atoms with van der Waals surface area (Å²) < 4.78 is 3.93. The molecule has 0 radical (unpaired) electrons. The Morgan fingerprint density at radius 3 is 2.89 bits per heavy atom. The van der Waals surface area contributed by atoms with Gasteiger partial charge in [-0.3, -0.25) is 4.68 Å². The van der Waals surface area contributed by atoms with Gasteiger partial charge in [-0.2, -0.15) is 5.10 Å². The molecule has 0 aromatic carbocycles. The van der Waals surface area contributed by atoms with Crippen molar-refractivity contribution in [1.82, 2.24) is 29.3 Å². The second-order valence-corrected chi connectivity index (χ2v) is 4.50. The highest BCUT2D eigenvalue weighted by atomic mass is 15.3. The second kappa shape index (κ2) is 4.68. The normalized spacial score (nSPS) is 11.2. The van der Waals surface area contributed by atoms with Crippen LogP contribution in [0, 0.1) is 6.92 Å². The molecular formula is C12H15N7. The molecule has 0 saturated carbocycles. The van der Waals surface area contributed by atoms with Gasteiger partial charge in [0.25, 0.3) is 0 Å². The van der Waals surface area contributed by atoms with Crippen molar-refractivity contribution in [2.24, 2.45) is 0 Å². The summed E-state index contributed by atoms with van der Waals surface area (Å²) in [6, 6.07) is 0. The lowest BCUT2D eigenvalue weighted by atomic mass is 10.4. The maximum Gasteiger partial charge on any atom is 0.165 e. The van der Waals surface area contributed by atoms with E-state index in [-0.39, 0.29) is 0 Å². The van der Waals surface area contributed by atoms with E-state index in [4.69, 9.17) is 5.73 Å². The van der Waals surface area contributed by atoms with Gasteiger partial charge in [0, 0.05) is 19.3 Å². The molecular weight excluding hydrogens is 242 g/mol. The third kappa shape index (κ3) is 2.26. The SMILES string of the molecule is Cc1cnn(CCCn2cnc3c(N)ncnc32)c1. The van der Waals surface area contributed by atoms with Crippen LogP contribution in [0.5, 0.6) is 0 Å². The molecule has 0 fully saturated rings. The molecule has 0 spiro atoms. The number of rotatable bonds is 4. The average Bonchev–Trinajstić information content (AvgIpc) is 2.98. The van der Waals surface area contributed by atoms with Crippen LogP contribution in [0.3, 0.4) is 0 Å². The highest BCUT2D eigenvalue weighted by molar-refractivity contribution is 5.80. The number of hydrogen-bond donors (Lipinski definition) is 1. The summed E-state index contributed by atoms with van der Waals surface area (Å²) in [5.41, 5.74) is 8.37. The van der Waals surface area contributed by atoms with Crippen LogP contribution in [0.25, 0.3) is 11.2 Å². The summed E-state index contributed by atoms with van der Waals surface area (Å²) in [6.45, 7) is 3.73. The molecule has 0 aliphatic rings. The number of imidazole rings is 1. The van der Waals surface area contributed by atoms with Gasteiger partial charge in [-0.05, 0) is 18.9 Å². The zero-order chi connectivity index (χ0) is 13.2. The molecule has 0 atom stereocenters. The van der Waals surface area contributed by atoms with Gasteiger partial charge in [-0.15, -0.1) is 0 Å². The summed E-state index contributed by atoms with van der Waals surface area (Å²) in [6.07, 6.45) is 8.07. The molecule has 0 amide bonds. The molecule has 0 unspecified atom stereocenters. The Morgan fingerprint density at radius 1 is 1.21 bits per heavy atom. The molecule has 7 nitrogen and oxygen atoms in total. The fourth-order valence-corrected chi connectivity index (χ4v) is 2.05. The first-order valence-corrected chi connectivity index (χ1v) is 6.14. The minimum Gasteiger partial charge on any atom is -0.382 e. The summed E-state index contributed by atoms with van der Waals surface area (Å²) in [4.78, 5) is 12.4. The van der Waals surface area contributed by atoms with Crippen LogP contribution in [0.15, 0.2) is 25.0 Å². The zero-order valence-electron chi connectivity index (χ0n) is 10.7. The number of hydrogen-bond acceptors (Lipinski definition) is 5. The van der Waals surface area contributed by atoms with E-state index in [0.29, 0.717) is 11.3 Å². The van der Waals surface area contributed by atoms with Gasteiger partial charge >= 0.3 is 0 Å². The van der Waals surface area contributed by atoms with Crippen LogP contribution in [0.1, 0.15) is 12.0 Å². The minimum atomic E-state index is 0.423. The van der Waals surface area contributed by atoms with E-state index in [0.717, 1.165) is 25.2 Å². The van der Waals surface area contributed by atoms with Crippen molar-refractivity contribution >= 4 is 17.0 Å². The molecule has 7 heteroatoms. The van der Waals surface area contributed by atoms with Gasteiger partial charge in [-0.25, -0.2) is 15.0 Å². The Bertz CT molecular complexity index is 697. The number of nitrogens with two attached hydrogens (primary N) is 1. The topological polar surface area (TPSA) is 87.4 Å². The lowest BCUT2D eigenvalue weighted by Crippen LogP contribution is -2.04. The smallest absolute Gasteiger partial charge is 0.165 e. The highest BCUT2D eigenvalue weighted by Gasteiger charge is 2.07. The molecule has 0 aliphatic heterocycles. The van der Waals surface area contributed by atoms with Crippen molar-refractivity contribution in [3.05, 3.63) is 30.6 Å². The maximum atomic E-state index is 5.75. The van der Waals surface area contributed by atoms with E-state index in [1.54, 1.807) is 6.33 Å². The van der Waals surface area contributed by atoms with Crippen molar-refractivity contribution in [2.45, 2.75) is 26.4 Å². The van der Waals surface area contributed by atoms with E-state index < -0.39 is 0 Å². The number of nitrogen functional groups attached to an aromatic ring is 1. The summed E-state index contributed by atoms with van der Waals surface area (Å²) in [5.74, 6) is 0.423. The van der Waals surface area contributed by atoms with E-state index in [1.807, 2.05) is 28.6 Å². The van der Waals surface area contributed by atoms with Gasteiger partial charge in [0.2, 0.25) is 0 Å². The zero-order valence-corrected chi connectivity index (χ0v) is 10.7. The standard InChI is InChI=1S/C12H15N7/c1-9-5-17-19(6-9)4-2-3-18-8-16-10-11(13)14-7-15-12(10)18/h5-8H,2-4H2,1H3,(H2,13,14,15). The summed E-state index contributed by atoms with van der Waals surface area (Å²) >= 11 is 0. The number of aryl methyl sites for hydroxylation is 3. The van der Waals surface area contributed by atoms with E-state index in [9.17, 15) is 0 Å². The monoisotopic (exact) mass is 257 g/mol. The van der Waals surface area contributed by atoms with Crippen LogP contribution < -0.4 is 5.73 Å². The third-order valence-corrected chi connectivity index (χ3v) is 2.98. The second-order valence-electron chi connectivity index (χ2n) is 4.50. The molecule has 3 aromatic heterocycles. The lowest BCUT2D eigenvalue weighted by molar-refractivity contribution is 0.531. The van der Waals surface area contributed by atoms with E-state index in [2.05, 4.69) is 20.1 Å². The highest BCUT2D eigenvalue weighted by Crippen LogP contribution is 2.14. The Hall–Kier alpha value is -2.44.